The van der Waals surface area contributed by atoms with E-state index in [0.29, 0.717) is 16.9 Å². The Bertz CT molecular complexity index is 734. The van der Waals surface area contributed by atoms with Gasteiger partial charge in [0, 0.05) is 11.4 Å². The Labute approximate surface area is 114 Å². The molecule has 0 aliphatic carbocycles. The van der Waals surface area contributed by atoms with Crippen LogP contribution in [0.4, 0.5) is 5.95 Å². The van der Waals surface area contributed by atoms with Gasteiger partial charge in [0.1, 0.15) is 0 Å². The molecule has 0 radical (unpaired) electrons. The lowest BCUT2D eigenvalue weighted by molar-refractivity contribution is 1.00. The predicted molar refractivity (Wildman–Crippen MR) is 78.9 cm³/mol. The quantitative estimate of drug-likeness (QED) is 0.767. The predicted octanol–water partition coefficient (Wildman–Crippen LogP) is 2.64. The van der Waals surface area contributed by atoms with Crippen molar-refractivity contribution in [2.75, 3.05) is 11.9 Å². The molecule has 96 valence electrons. The van der Waals surface area contributed by atoms with E-state index in [1.54, 1.807) is 17.4 Å². The van der Waals surface area contributed by atoms with Gasteiger partial charge >= 0.3 is 0 Å². The average Bonchev–Trinajstić information content (AvgIpc) is 2.92. The van der Waals surface area contributed by atoms with Crippen molar-refractivity contribution in [3.63, 3.8) is 0 Å². The molecule has 0 saturated heterocycles. The fourth-order valence-corrected chi connectivity index (χ4v) is 2.64. The van der Waals surface area contributed by atoms with Crippen molar-refractivity contribution in [2.45, 2.75) is 6.42 Å². The number of nitrogens with one attached hydrogen (secondary N) is 2. The van der Waals surface area contributed by atoms with Gasteiger partial charge in [-0.05, 0) is 30.0 Å². The molecular weight excluding hydrogens is 258 g/mol. The first-order valence-corrected chi connectivity index (χ1v) is 6.96. The van der Waals surface area contributed by atoms with Gasteiger partial charge in [0.15, 0.2) is 0 Å². The van der Waals surface area contributed by atoms with Gasteiger partial charge in [-0.15, -0.1) is 11.3 Å². The van der Waals surface area contributed by atoms with Gasteiger partial charge in [-0.25, -0.2) is 4.98 Å². The molecule has 0 saturated carbocycles. The Morgan fingerprint density at radius 3 is 2.95 bits per heavy atom. The summed E-state index contributed by atoms with van der Waals surface area (Å²) in [6, 6.07) is 11.5. The highest BCUT2D eigenvalue weighted by Crippen LogP contribution is 2.10. The molecule has 0 atom stereocenters. The molecule has 3 rings (SSSR count). The van der Waals surface area contributed by atoms with Crippen LogP contribution in [0.5, 0.6) is 0 Å². The van der Waals surface area contributed by atoms with E-state index in [0.717, 1.165) is 13.0 Å². The number of thiophene rings is 1. The third-order valence-corrected chi connectivity index (χ3v) is 3.79. The van der Waals surface area contributed by atoms with Crippen LogP contribution in [-0.4, -0.2) is 16.5 Å². The summed E-state index contributed by atoms with van der Waals surface area (Å²) >= 11 is 1.73. The summed E-state index contributed by atoms with van der Waals surface area (Å²) in [5.41, 5.74) is 0.606. The summed E-state index contributed by atoms with van der Waals surface area (Å²) in [5.74, 6) is 0.528. The minimum Gasteiger partial charge on any atom is -0.355 e. The van der Waals surface area contributed by atoms with Crippen LogP contribution < -0.4 is 10.9 Å². The minimum atomic E-state index is -0.107. The van der Waals surface area contributed by atoms with Crippen molar-refractivity contribution in [3.8, 4) is 0 Å². The number of hydrogen-bond donors (Lipinski definition) is 2. The summed E-state index contributed by atoms with van der Waals surface area (Å²) in [6.07, 6.45) is 0.925. The number of benzene rings is 1. The summed E-state index contributed by atoms with van der Waals surface area (Å²) in [6.45, 7) is 0.752. The van der Waals surface area contributed by atoms with Crippen molar-refractivity contribution in [2.24, 2.45) is 0 Å². The van der Waals surface area contributed by atoms with Crippen LogP contribution in [0, 0.1) is 0 Å². The number of para-hydroxylation sites is 1. The summed E-state index contributed by atoms with van der Waals surface area (Å²) < 4.78 is 0. The molecule has 0 amide bonds. The number of rotatable bonds is 4. The Morgan fingerprint density at radius 1 is 1.21 bits per heavy atom. The number of nitrogens with zero attached hydrogens (tertiary/aromatic N) is 1. The molecule has 19 heavy (non-hydrogen) atoms. The Hall–Kier alpha value is -2.14. The first-order chi connectivity index (χ1) is 9.33. The Kier molecular flexibility index (Phi) is 3.29. The average molecular weight is 271 g/mol. The number of aromatic amines is 1. The first kappa shape index (κ1) is 11.9. The molecule has 5 heteroatoms. The summed E-state index contributed by atoms with van der Waals surface area (Å²) in [7, 11) is 0. The normalized spacial score (nSPS) is 10.7. The van der Waals surface area contributed by atoms with Gasteiger partial charge in [-0.1, -0.05) is 18.2 Å². The van der Waals surface area contributed by atoms with E-state index in [2.05, 4.69) is 26.7 Å². The molecule has 0 bridgehead atoms. The third kappa shape index (κ3) is 2.66. The zero-order valence-corrected chi connectivity index (χ0v) is 11.0. The molecule has 2 aromatic heterocycles. The van der Waals surface area contributed by atoms with E-state index < -0.39 is 0 Å². The number of hydrogen-bond acceptors (Lipinski definition) is 4. The van der Waals surface area contributed by atoms with Gasteiger partial charge in [0.2, 0.25) is 5.95 Å². The van der Waals surface area contributed by atoms with E-state index in [9.17, 15) is 4.79 Å². The first-order valence-electron chi connectivity index (χ1n) is 6.08. The lowest BCUT2D eigenvalue weighted by Crippen LogP contribution is -2.14. The molecule has 3 aromatic rings. The second kappa shape index (κ2) is 5.24. The van der Waals surface area contributed by atoms with Gasteiger partial charge in [-0.2, -0.15) is 0 Å². The van der Waals surface area contributed by atoms with Crippen LogP contribution in [0.3, 0.4) is 0 Å². The second-order valence-corrected chi connectivity index (χ2v) is 5.22. The van der Waals surface area contributed by atoms with Gasteiger partial charge in [0.05, 0.1) is 10.9 Å². The maximum atomic E-state index is 11.9. The molecule has 0 aliphatic heterocycles. The fraction of sp³-hybridized carbons (Fsp3) is 0.143. The van der Waals surface area contributed by atoms with Crippen molar-refractivity contribution in [1.82, 2.24) is 9.97 Å². The SMILES string of the molecule is O=c1[nH]c(NCCc2cccs2)nc2ccccc12. The molecule has 4 nitrogen and oxygen atoms in total. The molecule has 1 aromatic carbocycles. The standard InChI is InChI=1S/C14H13N3OS/c18-13-11-5-1-2-6-12(11)16-14(17-13)15-8-7-10-4-3-9-19-10/h1-6,9H,7-8H2,(H2,15,16,17,18). The summed E-state index contributed by atoms with van der Waals surface area (Å²) in [5, 5.41) is 5.83. The van der Waals surface area contributed by atoms with Crippen molar-refractivity contribution in [3.05, 3.63) is 57.0 Å². The van der Waals surface area contributed by atoms with Crippen molar-refractivity contribution in [1.29, 1.82) is 0 Å². The lowest BCUT2D eigenvalue weighted by Gasteiger charge is -2.05. The Morgan fingerprint density at radius 2 is 2.11 bits per heavy atom. The zero-order chi connectivity index (χ0) is 13.1. The van der Waals surface area contributed by atoms with E-state index in [4.69, 9.17) is 0 Å². The number of anilines is 1. The topological polar surface area (TPSA) is 57.8 Å². The maximum Gasteiger partial charge on any atom is 0.260 e. The zero-order valence-electron chi connectivity index (χ0n) is 10.2. The number of aromatic nitrogens is 2. The van der Waals surface area contributed by atoms with Crippen LogP contribution in [0.2, 0.25) is 0 Å². The van der Waals surface area contributed by atoms with E-state index in [1.165, 1.54) is 4.88 Å². The molecule has 0 fully saturated rings. The van der Waals surface area contributed by atoms with Crippen molar-refractivity contribution < 1.29 is 0 Å². The van der Waals surface area contributed by atoms with Gasteiger partial charge < -0.3 is 5.32 Å². The van der Waals surface area contributed by atoms with Gasteiger partial charge in [-0.3, -0.25) is 9.78 Å². The molecule has 0 spiro atoms. The van der Waals surface area contributed by atoms with Crippen LogP contribution in [-0.2, 0) is 6.42 Å². The smallest absolute Gasteiger partial charge is 0.260 e. The number of H-pyrrole nitrogens is 1. The molecule has 2 heterocycles. The van der Waals surface area contributed by atoms with Crippen LogP contribution in [0.1, 0.15) is 4.88 Å². The minimum absolute atomic E-state index is 0.107. The molecule has 0 aliphatic rings. The maximum absolute atomic E-state index is 11.9. The highest BCUT2D eigenvalue weighted by Gasteiger charge is 2.02. The van der Waals surface area contributed by atoms with E-state index >= 15 is 0 Å². The molecule has 2 N–H and O–H groups in total. The number of fused-ring (bicyclic) bond motifs is 1. The molecule has 0 unspecified atom stereocenters. The highest BCUT2D eigenvalue weighted by atomic mass is 32.1. The van der Waals surface area contributed by atoms with E-state index in [1.807, 2.05) is 24.3 Å². The fourth-order valence-electron chi connectivity index (χ4n) is 1.93. The largest absolute Gasteiger partial charge is 0.355 e. The van der Waals surface area contributed by atoms with Crippen LogP contribution >= 0.6 is 11.3 Å². The monoisotopic (exact) mass is 271 g/mol. The van der Waals surface area contributed by atoms with Gasteiger partial charge in [0.25, 0.3) is 5.56 Å². The van der Waals surface area contributed by atoms with Crippen molar-refractivity contribution >= 4 is 28.2 Å². The summed E-state index contributed by atoms with van der Waals surface area (Å²) in [4.78, 5) is 20.3. The van der Waals surface area contributed by atoms with E-state index in [-0.39, 0.29) is 5.56 Å². The van der Waals surface area contributed by atoms with Crippen LogP contribution in [0.15, 0.2) is 46.6 Å². The van der Waals surface area contributed by atoms with Crippen LogP contribution in [0.25, 0.3) is 10.9 Å². The molecular formula is C14H13N3OS. The second-order valence-electron chi connectivity index (χ2n) is 4.19. The third-order valence-electron chi connectivity index (χ3n) is 2.86. The lowest BCUT2D eigenvalue weighted by atomic mass is 10.2. The Balaban J connectivity index is 1.76. The highest BCUT2D eigenvalue weighted by molar-refractivity contribution is 7.09.